The zero-order valence-corrected chi connectivity index (χ0v) is 19.8. The molecule has 0 radical (unpaired) electrons. The van der Waals surface area contributed by atoms with E-state index in [1.54, 1.807) is 23.6 Å². The van der Waals surface area contributed by atoms with Gasteiger partial charge in [-0.2, -0.15) is 0 Å². The van der Waals surface area contributed by atoms with E-state index in [0.717, 1.165) is 0 Å². The van der Waals surface area contributed by atoms with Gasteiger partial charge in [-0.3, -0.25) is 9.59 Å². The second-order valence-electron chi connectivity index (χ2n) is 8.24. The highest BCUT2D eigenvalue weighted by atomic mass is 35.5. The Kier molecular flexibility index (Phi) is 8.34. The number of halogens is 1. The van der Waals surface area contributed by atoms with Crippen molar-refractivity contribution in [1.29, 1.82) is 0 Å². The van der Waals surface area contributed by atoms with E-state index in [2.05, 4.69) is 0 Å². The maximum Gasteiger partial charge on any atom is 0.303 e. The summed E-state index contributed by atoms with van der Waals surface area (Å²) in [4.78, 5) is 26.2. The molecular formula is C22H28ClNO6S. The molecule has 9 heteroatoms. The quantitative estimate of drug-likeness (QED) is 0.550. The molecule has 0 aliphatic rings. The smallest absolute Gasteiger partial charge is 0.303 e. The lowest BCUT2D eigenvalue weighted by atomic mass is 9.94. The van der Waals surface area contributed by atoms with Crippen LogP contribution in [0.1, 0.15) is 50.2 Å². The Morgan fingerprint density at radius 1 is 1.16 bits per heavy atom. The van der Waals surface area contributed by atoms with Crippen molar-refractivity contribution in [2.45, 2.75) is 39.7 Å². The lowest BCUT2D eigenvalue weighted by molar-refractivity contribution is -0.138. The Morgan fingerprint density at radius 3 is 2.35 bits per heavy atom. The minimum Gasteiger partial charge on any atom is -0.495 e. The Morgan fingerprint density at radius 2 is 1.81 bits per heavy atom. The molecule has 0 saturated heterocycles. The molecule has 1 amide bonds. The number of ether oxygens (including phenoxy) is 2. The fraction of sp³-hybridized carbons (Fsp3) is 0.455. The molecule has 2 N–H and O–H groups in total. The normalized spacial score (nSPS) is 12.4. The lowest BCUT2D eigenvalue weighted by Gasteiger charge is -2.33. The molecule has 2 aromatic rings. The average molecular weight is 470 g/mol. The molecule has 1 aromatic carbocycles. The van der Waals surface area contributed by atoms with Gasteiger partial charge in [-0.25, -0.2) is 0 Å². The van der Waals surface area contributed by atoms with Gasteiger partial charge < -0.3 is 24.6 Å². The van der Waals surface area contributed by atoms with E-state index in [0.29, 0.717) is 32.6 Å². The highest BCUT2D eigenvalue weighted by molar-refractivity contribution is 7.10. The number of aliphatic hydroxyl groups is 1. The van der Waals surface area contributed by atoms with Crippen LogP contribution in [0, 0.1) is 5.41 Å². The van der Waals surface area contributed by atoms with Crippen LogP contribution in [0.3, 0.4) is 0 Å². The van der Waals surface area contributed by atoms with Crippen molar-refractivity contribution in [3.05, 3.63) is 39.0 Å². The Labute approximate surface area is 191 Å². The van der Waals surface area contributed by atoms with Gasteiger partial charge in [0.2, 0.25) is 5.91 Å². The van der Waals surface area contributed by atoms with E-state index in [9.17, 15) is 14.7 Å². The first-order chi connectivity index (χ1) is 14.5. The second kappa shape index (κ2) is 10.3. The fourth-order valence-electron chi connectivity index (χ4n) is 3.18. The van der Waals surface area contributed by atoms with Gasteiger partial charge in [-0.1, -0.05) is 32.4 Å². The molecular weight excluding hydrogens is 442 g/mol. The average Bonchev–Trinajstić information content (AvgIpc) is 3.17. The predicted octanol–water partition coefficient (Wildman–Crippen LogP) is 4.74. The molecule has 1 heterocycles. The Balaban J connectivity index is 2.68. The van der Waals surface area contributed by atoms with E-state index in [1.807, 2.05) is 20.8 Å². The van der Waals surface area contributed by atoms with Crippen LogP contribution < -0.4 is 14.4 Å². The molecule has 0 saturated carbocycles. The number of rotatable bonds is 9. The number of anilines is 1. The second-order valence-corrected chi connectivity index (χ2v) is 9.62. The van der Waals surface area contributed by atoms with E-state index in [4.69, 9.17) is 26.2 Å². The number of carbonyl (C=O) groups is 2. The number of hydrogen-bond acceptors (Lipinski definition) is 6. The van der Waals surface area contributed by atoms with Crippen molar-refractivity contribution in [3.8, 4) is 11.5 Å². The van der Waals surface area contributed by atoms with Gasteiger partial charge in [-0.15, -0.1) is 11.3 Å². The third kappa shape index (κ3) is 6.35. The van der Waals surface area contributed by atoms with Gasteiger partial charge in [0.15, 0.2) is 0 Å². The van der Waals surface area contributed by atoms with E-state index in [-0.39, 0.29) is 30.7 Å². The van der Waals surface area contributed by atoms with E-state index >= 15 is 0 Å². The third-order valence-corrected chi connectivity index (χ3v) is 5.63. The summed E-state index contributed by atoms with van der Waals surface area (Å²) in [7, 11) is 2.97. The van der Waals surface area contributed by atoms with Crippen LogP contribution in [0.25, 0.3) is 0 Å². The number of carbonyl (C=O) groups excluding carboxylic acids is 1. The summed E-state index contributed by atoms with van der Waals surface area (Å²) in [6.45, 7) is 6.17. The Bertz CT molecular complexity index is 937. The maximum atomic E-state index is 13.1. The van der Waals surface area contributed by atoms with Gasteiger partial charge in [0.1, 0.15) is 17.6 Å². The highest BCUT2D eigenvalue weighted by Crippen LogP contribution is 2.44. The summed E-state index contributed by atoms with van der Waals surface area (Å²) in [5.74, 6) is -0.618. The molecule has 0 bridgehead atoms. The maximum absolute atomic E-state index is 13.1. The van der Waals surface area contributed by atoms with Crippen molar-refractivity contribution in [1.82, 2.24) is 0 Å². The number of amides is 1. The van der Waals surface area contributed by atoms with Gasteiger partial charge >= 0.3 is 5.97 Å². The SMILES string of the molecule is COc1ccsc1C(O)c1cc(Cl)cc(OC)c1N(CC(C)(C)C)C(=O)CCC(=O)O. The first-order valence-corrected chi connectivity index (χ1v) is 10.9. The molecule has 170 valence electrons. The van der Waals surface area contributed by atoms with Crippen molar-refractivity contribution in [3.63, 3.8) is 0 Å². The lowest BCUT2D eigenvalue weighted by Crippen LogP contribution is -2.39. The van der Waals surface area contributed by atoms with Crippen molar-refractivity contribution < 1.29 is 29.3 Å². The monoisotopic (exact) mass is 469 g/mol. The number of carboxylic acid groups (broad SMARTS) is 1. The molecule has 7 nitrogen and oxygen atoms in total. The van der Waals surface area contributed by atoms with Crippen LogP contribution in [-0.2, 0) is 9.59 Å². The third-order valence-electron chi connectivity index (χ3n) is 4.47. The summed E-state index contributed by atoms with van der Waals surface area (Å²) in [6.07, 6.45) is -1.62. The van der Waals surface area contributed by atoms with E-state index in [1.165, 1.54) is 30.5 Å². The van der Waals surface area contributed by atoms with Gasteiger partial charge in [0.25, 0.3) is 0 Å². The van der Waals surface area contributed by atoms with Crippen LogP contribution >= 0.6 is 22.9 Å². The summed E-state index contributed by atoms with van der Waals surface area (Å²) in [6, 6.07) is 4.90. The largest absolute Gasteiger partial charge is 0.495 e. The predicted molar refractivity (Wildman–Crippen MR) is 122 cm³/mol. The van der Waals surface area contributed by atoms with Gasteiger partial charge in [0, 0.05) is 29.6 Å². The van der Waals surface area contributed by atoms with Crippen LogP contribution in [0.4, 0.5) is 5.69 Å². The molecule has 1 atom stereocenters. The summed E-state index contributed by atoms with van der Waals surface area (Å²) in [5, 5.41) is 22.4. The molecule has 0 aliphatic carbocycles. The molecule has 2 rings (SSSR count). The van der Waals surface area contributed by atoms with Crippen LogP contribution in [0.5, 0.6) is 11.5 Å². The molecule has 1 aromatic heterocycles. The van der Waals surface area contributed by atoms with E-state index < -0.39 is 12.1 Å². The summed E-state index contributed by atoms with van der Waals surface area (Å²) >= 11 is 7.61. The van der Waals surface area contributed by atoms with Crippen molar-refractivity contribution >= 4 is 40.5 Å². The molecule has 0 fully saturated rings. The highest BCUT2D eigenvalue weighted by Gasteiger charge is 2.31. The number of carboxylic acids is 1. The van der Waals surface area contributed by atoms with Crippen LogP contribution in [-0.4, -0.2) is 42.9 Å². The first kappa shape index (κ1) is 25.0. The molecule has 0 spiro atoms. The zero-order chi connectivity index (χ0) is 23.3. The van der Waals surface area contributed by atoms with Crippen molar-refractivity contribution in [2.24, 2.45) is 5.41 Å². The van der Waals surface area contributed by atoms with Crippen LogP contribution in [0.2, 0.25) is 5.02 Å². The summed E-state index contributed by atoms with van der Waals surface area (Å²) in [5.41, 5.74) is 0.421. The number of benzene rings is 1. The molecule has 31 heavy (non-hydrogen) atoms. The summed E-state index contributed by atoms with van der Waals surface area (Å²) < 4.78 is 10.9. The van der Waals surface area contributed by atoms with Crippen LogP contribution in [0.15, 0.2) is 23.6 Å². The van der Waals surface area contributed by atoms with Crippen molar-refractivity contribution in [2.75, 3.05) is 25.7 Å². The molecule has 0 aliphatic heterocycles. The number of aliphatic carboxylic acids is 1. The number of thiophene rings is 1. The number of hydrogen-bond donors (Lipinski definition) is 2. The zero-order valence-electron chi connectivity index (χ0n) is 18.3. The minimum absolute atomic E-state index is 0.185. The minimum atomic E-state index is -1.13. The van der Waals surface area contributed by atoms with Gasteiger partial charge in [-0.05, 0) is 22.9 Å². The Hall–Kier alpha value is -2.29. The standard InChI is InChI=1S/C22H28ClNO6S/c1-22(2,3)12-24(17(25)6-7-18(26)27)19-14(10-13(23)11-16(19)30-5)20(28)21-15(29-4)8-9-31-21/h8-11,20,28H,6-7,12H2,1-5H3,(H,26,27). The number of aliphatic hydroxyl groups excluding tert-OH is 1. The fourth-order valence-corrected chi connectivity index (χ4v) is 4.26. The molecule has 1 unspecified atom stereocenters. The van der Waals surface area contributed by atoms with Gasteiger partial charge in [0.05, 0.1) is 31.2 Å². The first-order valence-electron chi connectivity index (χ1n) is 9.67. The number of methoxy groups -OCH3 is 2. The number of nitrogens with zero attached hydrogens (tertiary/aromatic N) is 1. The topological polar surface area (TPSA) is 96.3 Å².